The minimum Gasteiger partial charge on any atom is -0.469 e. The number of esters is 2. The number of carbonyl (C=O) groups is 2. The van der Waals surface area contributed by atoms with Crippen LogP contribution in [0.2, 0.25) is 0 Å². The predicted molar refractivity (Wildman–Crippen MR) is 125 cm³/mol. The summed E-state index contributed by atoms with van der Waals surface area (Å²) in [7, 11) is 1.40. The fourth-order valence-electron chi connectivity index (χ4n) is 4.37. The maximum atomic E-state index is 13.8. The zero-order valence-electron chi connectivity index (χ0n) is 21.2. The first-order valence-electron chi connectivity index (χ1n) is 11.5. The van der Waals surface area contributed by atoms with E-state index < -0.39 is 34.7 Å². The van der Waals surface area contributed by atoms with Crippen molar-refractivity contribution in [3.63, 3.8) is 0 Å². The van der Waals surface area contributed by atoms with Gasteiger partial charge in [0.05, 0.1) is 25.2 Å². The lowest BCUT2D eigenvalue weighted by Crippen LogP contribution is -2.59. The van der Waals surface area contributed by atoms with Gasteiger partial charge in [-0.1, -0.05) is 44.2 Å². The van der Waals surface area contributed by atoms with Crippen molar-refractivity contribution < 1.29 is 23.8 Å². The highest BCUT2D eigenvalue weighted by Crippen LogP contribution is 2.48. The summed E-state index contributed by atoms with van der Waals surface area (Å²) in [5.74, 6) is -1.40. The number of ether oxygens (including phenoxy) is 3. The number of hydrogen-bond acceptors (Lipinski definition) is 6. The Morgan fingerprint density at radius 2 is 1.62 bits per heavy atom. The van der Waals surface area contributed by atoms with Gasteiger partial charge in [-0.2, -0.15) is 0 Å². The highest BCUT2D eigenvalue weighted by atomic mass is 16.6. The number of carbonyl (C=O) groups excluding carboxylic acids is 2. The lowest BCUT2D eigenvalue weighted by molar-refractivity contribution is -0.172. The normalized spacial score (nSPS) is 26.2. The number of benzene rings is 1. The quantitative estimate of drug-likeness (QED) is 0.612. The van der Waals surface area contributed by atoms with Crippen LogP contribution >= 0.6 is 0 Å². The van der Waals surface area contributed by atoms with E-state index in [4.69, 9.17) is 14.2 Å². The molecular formula is C26H41NO5. The Bertz CT molecular complexity index is 778. The van der Waals surface area contributed by atoms with Crippen molar-refractivity contribution >= 4 is 11.9 Å². The molecule has 1 saturated heterocycles. The van der Waals surface area contributed by atoms with E-state index in [1.807, 2.05) is 71.9 Å². The Balaban J connectivity index is 2.67. The molecule has 6 nitrogen and oxygen atoms in total. The fourth-order valence-corrected chi connectivity index (χ4v) is 4.37. The van der Waals surface area contributed by atoms with E-state index in [0.717, 1.165) is 5.56 Å². The molecule has 1 heterocycles. The Labute approximate surface area is 193 Å². The van der Waals surface area contributed by atoms with E-state index in [0.29, 0.717) is 6.42 Å². The van der Waals surface area contributed by atoms with E-state index in [9.17, 15) is 9.59 Å². The highest BCUT2D eigenvalue weighted by molar-refractivity contribution is 5.86. The summed E-state index contributed by atoms with van der Waals surface area (Å²) in [6.45, 7) is 15.7. The zero-order chi connectivity index (χ0) is 24.3. The van der Waals surface area contributed by atoms with Gasteiger partial charge in [-0.25, -0.2) is 4.79 Å². The fraction of sp³-hybridized carbons (Fsp3) is 0.692. The van der Waals surface area contributed by atoms with Crippen molar-refractivity contribution in [1.82, 2.24) is 5.32 Å². The van der Waals surface area contributed by atoms with Gasteiger partial charge in [0.1, 0.15) is 11.1 Å². The summed E-state index contributed by atoms with van der Waals surface area (Å²) in [4.78, 5) is 26.9. The Hall–Kier alpha value is -1.92. The molecule has 1 aliphatic rings. The third kappa shape index (κ3) is 6.32. The van der Waals surface area contributed by atoms with Gasteiger partial charge in [0.15, 0.2) is 0 Å². The summed E-state index contributed by atoms with van der Waals surface area (Å²) < 4.78 is 17.4. The Kier molecular flexibility index (Phi) is 8.16. The molecule has 1 aromatic carbocycles. The number of nitrogens with one attached hydrogen (secondary N) is 1. The van der Waals surface area contributed by atoms with E-state index in [2.05, 4.69) is 19.2 Å². The van der Waals surface area contributed by atoms with E-state index in [1.54, 1.807) is 0 Å². The van der Waals surface area contributed by atoms with Crippen molar-refractivity contribution in [3.05, 3.63) is 35.9 Å². The van der Waals surface area contributed by atoms with Crippen LogP contribution < -0.4 is 5.32 Å². The van der Waals surface area contributed by atoms with Gasteiger partial charge < -0.3 is 14.2 Å². The van der Waals surface area contributed by atoms with E-state index in [1.165, 1.54) is 7.11 Å². The molecule has 1 aliphatic heterocycles. The molecule has 0 amide bonds. The van der Waals surface area contributed by atoms with Crippen LogP contribution in [0.3, 0.4) is 0 Å². The molecule has 32 heavy (non-hydrogen) atoms. The van der Waals surface area contributed by atoms with Gasteiger partial charge in [-0.15, -0.1) is 0 Å². The molecule has 180 valence electrons. The van der Waals surface area contributed by atoms with Gasteiger partial charge in [0.25, 0.3) is 0 Å². The van der Waals surface area contributed by atoms with Crippen molar-refractivity contribution in [1.29, 1.82) is 0 Å². The van der Waals surface area contributed by atoms with Crippen molar-refractivity contribution in [2.45, 2.75) is 84.6 Å². The first kappa shape index (κ1) is 26.3. The molecule has 0 spiro atoms. The van der Waals surface area contributed by atoms with Gasteiger partial charge in [-0.3, -0.25) is 10.1 Å². The first-order valence-corrected chi connectivity index (χ1v) is 11.5. The van der Waals surface area contributed by atoms with Gasteiger partial charge in [0, 0.05) is 12.0 Å². The van der Waals surface area contributed by atoms with Crippen LogP contribution in [0.25, 0.3) is 0 Å². The van der Waals surface area contributed by atoms with Crippen molar-refractivity contribution in [3.8, 4) is 0 Å². The van der Waals surface area contributed by atoms with Gasteiger partial charge in [0.2, 0.25) is 0 Å². The van der Waals surface area contributed by atoms with Crippen molar-refractivity contribution in [2.75, 3.05) is 13.7 Å². The second kappa shape index (κ2) is 9.92. The summed E-state index contributed by atoms with van der Waals surface area (Å²) in [6, 6.07) is 9.33. The molecule has 0 aromatic heterocycles. The second-order valence-corrected chi connectivity index (χ2v) is 11.2. The molecule has 0 saturated carbocycles. The molecule has 0 aliphatic carbocycles. The lowest BCUT2D eigenvalue weighted by atomic mass is 9.73. The second-order valence-electron chi connectivity index (χ2n) is 11.2. The van der Waals surface area contributed by atoms with Crippen molar-refractivity contribution in [2.24, 2.45) is 17.8 Å². The Morgan fingerprint density at radius 1 is 1.03 bits per heavy atom. The number of rotatable bonds is 7. The van der Waals surface area contributed by atoms with Crippen LogP contribution in [0, 0.1) is 17.8 Å². The average molecular weight is 448 g/mol. The first-order chi connectivity index (χ1) is 14.7. The van der Waals surface area contributed by atoms with E-state index >= 15 is 0 Å². The zero-order valence-corrected chi connectivity index (χ0v) is 21.2. The molecule has 1 fully saturated rings. The third-order valence-electron chi connectivity index (χ3n) is 5.69. The van der Waals surface area contributed by atoms with Gasteiger partial charge >= 0.3 is 11.9 Å². The molecular weight excluding hydrogens is 406 g/mol. The predicted octanol–water partition coefficient (Wildman–Crippen LogP) is 4.68. The SMILES string of the molecule is COC(=O)[C@H]1[C@@H](c2ccccc2)N[C@@](COC(C)(C)C)(C(=O)OC(C)(C)C)[C@@H]1CC(C)C. The van der Waals surface area contributed by atoms with Crippen LogP contribution in [0.5, 0.6) is 0 Å². The minimum absolute atomic E-state index is 0.0969. The lowest BCUT2D eigenvalue weighted by Gasteiger charge is -2.38. The smallest absolute Gasteiger partial charge is 0.329 e. The maximum Gasteiger partial charge on any atom is 0.329 e. The third-order valence-corrected chi connectivity index (χ3v) is 5.69. The van der Waals surface area contributed by atoms with E-state index in [-0.39, 0.29) is 24.4 Å². The van der Waals surface area contributed by atoms with Crippen LogP contribution in [-0.4, -0.2) is 42.4 Å². The van der Waals surface area contributed by atoms with Gasteiger partial charge in [-0.05, 0) is 59.4 Å². The molecule has 1 N–H and O–H groups in total. The molecule has 0 radical (unpaired) electrons. The highest BCUT2D eigenvalue weighted by Gasteiger charge is 2.62. The number of methoxy groups -OCH3 is 1. The Morgan fingerprint density at radius 3 is 2.09 bits per heavy atom. The number of hydrogen-bond donors (Lipinski definition) is 1. The molecule has 1 aromatic rings. The van der Waals surface area contributed by atoms with Crippen LogP contribution in [0.4, 0.5) is 0 Å². The molecule has 6 heteroatoms. The molecule has 4 atom stereocenters. The standard InChI is InChI=1S/C26H41NO5/c1-17(2)15-19-20(22(28)30-9)21(18-13-11-10-12-14-18)27-26(19,16-31-24(3,4)5)23(29)32-25(6,7)8/h10-14,17,19-21,27H,15-16H2,1-9H3/t19-,20-,21-,26-/m1/s1. The maximum absolute atomic E-state index is 13.8. The van der Waals surface area contributed by atoms with Crippen LogP contribution in [-0.2, 0) is 23.8 Å². The molecule has 2 rings (SSSR count). The summed E-state index contributed by atoms with van der Waals surface area (Å²) in [5, 5.41) is 3.54. The topological polar surface area (TPSA) is 73.9 Å². The minimum atomic E-state index is -1.19. The largest absolute Gasteiger partial charge is 0.469 e. The molecule has 0 unspecified atom stereocenters. The summed E-state index contributed by atoms with van der Waals surface area (Å²) in [6.07, 6.45) is 0.642. The summed E-state index contributed by atoms with van der Waals surface area (Å²) >= 11 is 0. The average Bonchev–Trinajstić information content (AvgIpc) is 2.99. The summed E-state index contributed by atoms with van der Waals surface area (Å²) in [5.41, 5.74) is -1.41. The van der Waals surface area contributed by atoms with Crippen LogP contribution in [0.1, 0.15) is 73.4 Å². The monoisotopic (exact) mass is 447 g/mol. The molecule has 0 bridgehead atoms. The van der Waals surface area contributed by atoms with Crippen LogP contribution in [0.15, 0.2) is 30.3 Å².